The normalized spacial score (nSPS) is 17.4. The number of nitrogens with zero attached hydrogens (tertiary/aromatic N) is 1. The van der Waals surface area contributed by atoms with Crippen LogP contribution < -0.4 is 5.32 Å². The zero-order valence-electron chi connectivity index (χ0n) is 12.3. The molecule has 21 heavy (non-hydrogen) atoms. The van der Waals surface area contributed by atoms with Gasteiger partial charge in [-0.25, -0.2) is 9.78 Å². The van der Waals surface area contributed by atoms with Crippen molar-refractivity contribution in [2.75, 3.05) is 25.1 Å². The highest BCUT2D eigenvalue weighted by atomic mass is 16.5. The van der Waals surface area contributed by atoms with Crippen LogP contribution in [0.5, 0.6) is 0 Å². The molecule has 0 amide bonds. The van der Waals surface area contributed by atoms with Gasteiger partial charge in [0, 0.05) is 38.3 Å². The van der Waals surface area contributed by atoms with E-state index in [0.717, 1.165) is 18.5 Å². The fourth-order valence-corrected chi connectivity index (χ4v) is 2.37. The third kappa shape index (κ3) is 4.41. The van der Waals surface area contributed by atoms with Gasteiger partial charge in [0.2, 0.25) is 0 Å². The van der Waals surface area contributed by atoms with Crippen LogP contribution in [-0.4, -0.2) is 46.5 Å². The summed E-state index contributed by atoms with van der Waals surface area (Å²) in [5.74, 6) is -0.471. The van der Waals surface area contributed by atoms with Crippen LogP contribution in [0.3, 0.4) is 0 Å². The minimum atomic E-state index is -0.970. The molecule has 2 rings (SSSR count). The number of carboxylic acid groups (broad SMARTS) is 1. The topological polar surface area (TPSA) is 91.7 Å². The summed E-state index contributed by atoms with van der Waals surface area (Å²) in [4.78, 5) is 15.6. The number of carboxylic acids is 1. The standard InChI is InChI=1S/C15H22N2O4/c1-2-3-12-8-11(14(18)19)9-13(17-12)16-10-15(20)4-6-21-7-5-15/h8-9,20H,2-7,10H2,1H3,(H,16,17)(H,18,19). The number of anilines is 1. The maximum absolute atomic E-state index is 11.2. The van der Waals surface area contributed by atoms with E-state index in [1.54, 1.807) is 6.07 Å². The molecule has 0 spiro atoms. The van der Waals surface area contributed by atoms with Gasteiger partial charge in [-0.3, -0.25) is 0 Å². The molecule has 0 radical (unpaired) electrons. The monoisotopic (exact) mass is 294 g/mol. The number of pyridine rings is 1. The predicted octanol–water partition coefficient (Wildman–Crippen LogP) is 1.69. The van der Waals surface area contributed by atoms with Crippen molar-refractivity contribution < 1.29 is 19.7 Å². The fraction of sp³-hybridized carbons (Fsp3) is 0.600. The molecule has 0 aliphatic carbocycles. The number of nitrogens with one attached hydrogen (secondary N) is 1. The van der Waals surface area contributed by atoms with Crippen molar-refractivity contribution in [1.82, 2.24) is 4.98 Å². The summed E-state index contributed by atoms with van der Waals surface area (Å²) in [7, 11) is 0. The Kier molecular flexibility index (Phi) is 5.14. The predicted molar refractivity (Wildman–Crippen MR) is 78.7 cm³/mol. The number of hydrogen-bond donors (Lipinski definition) is 3. The third-order valence-electron chi connectivity index (χ3n) is 3.65. The molecular weight excluding hydrogens is 272 g/mol. The minimum absolute atomic E-state index is 0.218. The van der Waals surface area contributed by atoms with Crippen LogP contribution in [0, 0.1) is 0 Å². The third-order valence-corrected chi connectivity index (χ3v) is 3.65. The molecule has 3 N–H and O–H groups in total. The summed E-state index contributed by atoms with van der Waals surface area (Å²) in [5, 5.41) is 22.6. The largest absolute Gasteiger partial charge is 0.478 e. The first kappa shape index (κ1) is 15.7. The number of aromatic carboxylic acids is 1. The summed E-state index contributed by atoms with van der Waals surface area (Å²) in [6.45, 7) is 3.45. The van der Waals surface area contributed by atoms with E-state index in [4.69, 9.17) is 9.84 Å². The van der Waals surface area contributed by atoms with Crippen molar-refractivity contribution in [2.45, 2.75) is 38.2 Å². The average Bonchev–Trinajstić information content (AvgIpc) is 2.46. The van der Waals surface area contributed by atoms with Crippen LogP contribution in [-0.2, 0) is 11.2 Å². The van der Waals surface area contributed by atoms with Gasteiger partial charge in [-0.1, -0.05) is 13.3 Å². The molecule has 0 bridgehead atoms. The molecule has 1 aromatic rings. The van der Waals surface area contributed by atoms with Crippen molar-refractivity contribution in [3.05, 3.63) is 23.4 Å². The van der Waals surface area contributed by atoms with Gasteiger partial charge < -0.3 is 20.3 Å². The van der Waals surface area contributed by atoms with Crippen LogP contribution >= 0.6 is 0 Å². The number of hydrogen-bond acceptors (Lipinski definition) is 5. The van der Waals surface area contributed by atoms with Crippen LogP contribution in [0.4, 0.5) is 5.82 Å². The Hall–Kier alpha value is -1.66. The van der Waals surface area contributed by atoms with Gasteiger partial charge in [-0.05, 0) is 18.6 Å². The van der Waals surface area contributed by atoms with Crippen LogP contribution in [0.15, 0.2) is 12.1 Å². The maximum atomic E-state index is 11.2. The first-order chi connectivity index (χ1) is 10.0. The smallest absolute Gasteiger partial charge is 0.335 e. The summed E-state index contributed by atoms with van der Waals surface area (Å²) < 4.78 is 5.24. The van der Waals surface area contributed by atoms with E-state index in [1.165, 1.54) is 6.07 Å². The van der Waals surface area contributed by atoms with E-state index < -0.39 is 11.6 Å². The van der Waals surface area contributed by atoms with E-state index in [1.807, 2.05) is 6.92 Å². The molecule has 0 saturated carbocycles. The SMILES string of the molecule is CCCc1cc(C(=O)O)cc(NCC2(O)CCOCC2)n1. The summed E-state index contributed by atoms with van der Waals surface area (Å²) >= 11 is 0. The molecular formula is C15H22N2O4. The van der Waals surface area contributed by atoms with Gasteiger partial charge in [0.25, 0.3) is 0 Å². The molecule has 1 fully saturated rings. The van der Waals surface area contributed by atoms with Gasteiger partial charge in [-0.2, -0.15) is 0 Å². The summed E-state index contributed by atoms with van der Waals surface area (Å²) in [6.07, 6.45) is 2.77. The van der Waals surface area contributed by atoms with Crippen molar-refractivity contribution in [3.8, 4) is 0 Å². The number of aromatic nitrogens is 1. The van der Waals surface area contributed by atoms with Crippen LogP contribution in [0.2, 0.25) is 0 Å². The second kappa shape index (κ2) is 6.87. The molecule has 1 saturated heterocycles. The molecule has 2 heterocycles. The van der Waals surface area contributed by atoms with Gasteiger partial charge in [-0.15, -0.1) is 0 Å². The molecule has 6 heteroatoms. The Morgan fingerprint density at radius 3 is 2.76 bits per heavy atom. The minimum Gasteiger partial charge on any atom is -0.478 e. The number of rotatable bonds is 6. The highest BCUT2D eigenvalue weighted by molar-refractivity contribution is 5.88. The second-order valence-electron chi connectivity index (χ2n) is 5.48. The molecule has 116 valence electrons. The van der Waals surface area contributed by atoms with E-state index in [0.29, 0.717) is 38.4 Å². The lowest BCUT2D eigenvalue weighted by molar-refractivity contribution is -0.0543. The lowest BCUT2D eigenvalue weighted by Gasteiger charge is -2.32. The van der Waals surface area contributed by atoms with Gasteiger partial charge in [0.15, 0.2) is 0 Å². The van der Waals surface area contributed by atoms with Gasteiger partial charge in [0.1, 0.15) is 5.82 Å². The number of ether oxygens (including phenoxy) is 1. The van der Waals surface area contributed by atoms with Gasteiger partial charge in [0.05, 0.1) is 11.2 Å². The molecule has 0 unspecified atom stereocenters. The Labute approximate surface area is 124 Å². The Balaban J connectivity index is 2.09. The van der Waals surface area contributed by atoms with E-state index in [-0.39, 0.29) is 5.56 Å². The van der Waals surface area contributed by atoms with Crippen molar-refractivity contribution >= 4 is 11.8 Å². The lowest BCUT2D eigenvalue weighted by Crippen LogP contribution is -2.42. The second-order valence-corrected chi connectivity index (χ2v) is 5.48. The van der Waals surface area contributed by atoms with E-state index in [2.05, 4.69) is 10.3 Å². The summed E-state index contributed by atoms with van der Waals surface area (Å²) in [6, 6.07) is 3.10. The Morgan fingerprint density at radius 1 is 1.43 bits per heavy atom. The number of carbonyl (C=O) groups is 1. The van der Waals surface area contributed by atoms with Gasteiger partial charge >= 0.3 is 5.97 Å². The highest BCUT2D eigenvalue weighted by Crippen LogP contribution is 2.21. The molecule has 0 atom stereocenters. The zero-order chi connectivity index (χ0) is 15.3. The molecule has 1 aliphatic rings. The van der Waals surface area contributed by atoms with Crippen molar-refractivity contribution in [2.24, 2.45) is 0 Å². The first-order valence-corrected chi connectivity index (χ1v) is 7.31. The summed E-state index contributed by atoms with van der Waals surface area (Å²) in [5.41, 5.74) is 0.151. The maximum Gasteiger partial charge on any atom is 0.335 e. The fourth-order valence-electron chi connectivity index (χ4n) is 2.37. The Morgan fingerprint density at radius 2 is 2.14 bits per heavy atom. The zero-order valence-corrected chi connectivity index (χ0v) is 12.3. The van der Waals surface area contributed by atoms with Crippen LogP contribution in [0.1, 0.15) is 42.2 Å². The first-order valence-electron chi connectivity index (χ1n) is 7.31. The molecule has 6 nitrogen and oxygen atoms in total. The average molecular weight is 294 g/mol. The van der Waals surface area contributed by atoms with Crippen molar-refractivity contribution in [3.63, 3.8) is 0 Å². The molecule has 0 aromatic carbocycles. The quantitative estimate of drug-likeness (QED) is 0.739. The number of aliphatic hydroxyl groups is 1. The molecule has 1 aromatic heterocycles. The lowest BCUT2D eigenvalue weighted by atomic mass is 9.94. The van der Waals surface area contributed by atoms with Crippen LogP contribution in [0.25, 0.3) is 0 Å². The number of aryl methyl sites for hydroxylation is 1. The van der Waals surface area contributed by atoms with E-state index >= 15 is 0 Å². The molecule has 1 aliphatic heterocycles. The highest BCUT2D eigenvalue weighted by Gasteiger charge is 2.29. The Bertz CT molecular complexity index is 498. The van der Waals surface area contributed by atoms with E-state index in [9.17, 15) is 9.90 Å². The van der Waals surface area contributed by atoms with Crippen molar-refractivity contribution in [1.29, 1.82) is 0 Å².